The molecule has 2 N–H and O–H groups in total. The van der Waals surface area contributed by atoms with Gasteiger partial charge in [-0.15, -0.1) is 0 Å². The number of nitrogens with zero attached hydrogens (tertiary/aromatic N) is 5. The molecule has 0 saturated carbocycles. The normalized spacial score (nSPS) is 15.3. The molecule has 1 aliphatic heterocycles. The molecule has 104 valence electrons. The van der Waals surface area contributed by atoms with E-state index in [0.717, 1.165) is 26.2 Å². The van der Waals surface area contributed by atoms with Crippen molar-refractivity contribution in [3.63, 3.8) is 0 Å². The number of hydrogen-bond donors (Lipinski definition) is 2. The van der Waals surface area contributed by atoms with Crippen LogP contribution in [0, 0.1) is 0 Å². The van der Waals surface area contributed by atoms with Crippen molar-refractivity contribution in [3.8, 4) is 5.95 Å². The number of aromatic carboxylic acids is 1. The van der Waals surface area contributed by atoms with Gasteiger partial charge in [0, 0.05) is 44.6 Å². The van der Waals surface area contributed by atoms with Crippen LogP contribution in [0.15, 0.2) is 24.5 Å². The minimum atomic E-state index is -1.07. The topological polar surface area (TPSA) is 96.2 Å². The second-order valence-electron chi connectivity index (χ2n) is 4.40. The minimum Gasteiger partial charge on any atom is -0.477 e. The Bertz CT molecular complexity index is 606. The molecule has 2 aromatic rings. The van der Waals surface area contributed by atoms with Crippen LogP contribution in [0.5, 0.6) is 0 Å². The summed E-state index contributed by atoms with van der Waals surface area (Å²) in [6, 6.07) is 3.24. The minimum absolute atomic E-state index is 0.0287. The van der Waals surface area contributed by atoms with Gasteiger partial charge in [-0.25, -0.2) is 14.5 Å². The quantitative estimate of drug-likeness (QED) is 0.798. The van der Waals surface area contributed by atoms with Crippen LogP contribution in [-0.4, -0.2) is 57.0 Å². The van der Waals surface area contributed by atoms with E-state index in [1.165, 1.54) is 10.7 Å². The Labute approximate surface area is 115 Å². The number of carbonyl (C=O) groups is 1. The molecule has 8 heteroatoms. The predicted molar refractivity (Wildman–Crippen MR) is 71.2 cm³/mol. The van der Waals surface area contributed by atoms with Crippen molar-refractivity contribution >= 4 is 11.8 Å². The molecule has 1 fully saturated rings. The van der Waals surface area contributed by atoms with Gasteiger partial charge < -0.3 is 15.3 Å². The number of hydrogen-bond acceptors (Lipinski definition) is 6. The number of anilines is 1. The third-order valence-electron chi connectivity index (χ3n) is 3.07. The first-order chi connectivity index (χ1) is 9.74. The Morgan fingerprint density at radius 1 is 1.30 bits per heavy atom. The van der Waals surface area contributed by atoms with E-state index >= 15 is 0 Å². The smallest absolute Gasteiger partial charge is 0.354 e. The maximum absolute atomic E-state index is 11.2. The SMILES string of the molecule is O=C(O)c1cc(N2CCNCC2)nc(-n2cccn2)n1. The van der Waals surface area contributed by atoms with Crippen molar-refractivity contribution < 1.29 is 9.90 Å². The number of carboxylic acids is 1. The number of piperazine rings is 1. The lowest BCUT2D eigenvalue weighted by molar-refractivity contribution is 0.0690. The summed E-state index contributed by atoms with van der Waals surface area (Å²) in [4.78, 5) is 21.7. The van der Waals surface area contributed by atoms with E-state index in [0.29, 0.717) is 5.82 Å². The highest BCUT2D eigenvalue weighted by molar-refractivity contribution is 5.86. The van der Waals surface area contributed by atoms with Crippen molar-refractivity contribution in [1.29, 1.82) is 0 Å². The molecule has 0 amide bonds. The van der Waals surface area contributed by atoms with Crippen LogP contribution in [0.25, 0.3) is 5.95 Å². The summed E-state index contributed by atoms with van der Waals surface area (Å²) in [7, 11) is 0. The summed E-state index contributed by atoms with van der Waals surface area (Å²) < 4.78 is 1.46. The predicted octanol–water partition coefficient (Wildman–Crippen LogP) is -0.230. The van der Waals surface area contributed by atoms with Gasteiger partial charge in [-0.1, -0.05) is 0 Å². The largest absolute Gasteiger partial charge is 0.477 e. The van der Waals surface area contributed by atoms with Gasteiger partial charge in [-0.05, 0) is 6.07 Å². The molecule has 0 aromatic carbocycles. The molecule has 0 spiro atoms. The molecule has 8 nitrogen and oxygen atoms in total. The van der Waals surface area contributed by atoms with Crippen molar-refractivity contribution in [2.45, 2.75) is 0 Å². The Morgan fingerprint density at radius 3 is 2.75 bits per heavy atom. The fourth-order valence-electron chi connectivity index (χ4n) is 2.08. The van der Waals surface area contributed by atoms with E-state index in [1.54, 1.807) is 18.5 Å². The molecule has 0 bridgehead atoms. The van der Waals surface area contributed by atoms with Gasteiger partial charge in [0.15, 0.2) is 5.69 Å². The molecule has 0 radical (unpaired) electrons. The number of nitrogens with one attached hydrogen (secondary N) is 1. The van der Waals surface area contributed by atoms with E-state index < -0.39 is 5.97 Å². The molecule has 1 saturated heterocycles. The van der Waals surface area contributed by atoms with Gasteiger partial charge in [-0.3, -0.25) is 0 Å². The number of carboxylic acid groups (broad SMARTS) is 1. The van der Waals surface area contributed by atoms with Crippen molar-refractivity contribution in [1.82, 2.24) is 25.1 Å². The fourth-order valence-corrected chi connectivity index (χ4v) is 2.08. The summed E-state index contributed by atoms with van der Waals surface area (Å²) in [6.45, 7) is 3.27. The highest BCUT2D eigenvalue weighted by atomic mass is 16.4. The summed E-state index contributed by atoms with van der Waals surface area (Å²) in [5, 5.41) is 16.5. The summed E-state index contributed by atoms with van der Waals surface area (Å²) in [5.74, 6) is -0.190. The van der Waals surface area contributed by atoms with Crippen LogP contribution < -0.4 is 10.2 Å². The Hall–Kier alpha value is -2.48. The lowest BCUT2D eigenvalue weighted by Crippen LogP contribution is -2.44. The summed E-state index contributed by atoms with van der Waals surface area (Å²) >= 11 is 0. The lowest BCUT2D eigenvalue weighted by atomic mass is 10.3. The zero-order chi connectivity index (χ0) is 13.9. The first-order valence-electron chi connectivity index (χ1n) is 6.32. The summed E-state index contributed by atoms with van der Waals surface area (Å²) in [5.41, 5.74) is -0.0287. The lowest BCUT2D eigenvalue weighted by Gasteiger charge is -2.28. The van der Waals surface area contributed by atoms with Gasteiger partial charge in [0.1, 0.15) is 5.82 Å². The zero-order valence-corrected chi connectivity index (χ0v) is 10.7. The van der Waals surface area contributed by atoms with Crippen LogP contribution in [-0.2, 0) is 0 Å². The monoisotopic (exact) mass is 274 g/mol. The van der Waals surface area contributed by atoms with Crippen molar-refractivity contribution in [3.05, 3.63) is 30.2 Å². The molecule has 0 unspecified atom stereocenters. The van der Waals surface area contributed by atoms with E-state index in [9.17, 15) is 9.90 Å². The van der Waals surface area contributed by atoms with E-state index in [-0.39, 0.29) is 11.6 Å². The van der Waals surface area contributed by atoms with E-state index in [1.807, 2.05) is 4.90 Å². The van der Waals surface area contributed by atoms with Crippen LogP contribution >= 0.6 is 0 Å². The highest BCUT2D eigenvalue weighted by Gasteiger charge is 2.17. The Balaban J connectivity index is 2.02. The average molecular weight is 274 g/mol. The maximum Gasteiger partial charge on any atom is 0.354 e. The first kappa shape index (κ1) is 12.5. The number of aromatic nitrogens is 4. The zero-order valence-electron chi connectivity index (χ0n) is 10.7. The molecule has 2 aromatic heterocycles. The Morgan fingerprint density at radius 2 is 2.10 bits per heavy atom. The average Bonchev–Trinajstić information content (AvgIpc) is 3.02. The molecule has 0 aliphatic carbocycles. The molecule has 0 atom stereocenters. The molecular formula is C12H14N6O2. The van der Waals surface area contributed by atoms with Gasteiger partial charge in [0.2, 0.25) is 0 Å². The molecule has 1 aliphatic rings. The number of rotatable bonds is 3. The maximum atomic E-state index is 11.2. The molecule has 3 rings (SSSR count). The molecule has 3 heterocycles. The van der Waals surface area contributed by atoms with Gasteiger partial charge >= 0.3 is 5.97 Å². The van der Waals surface area contributed by atoms with Crippen LogP contribution in [0.1, 0.15) is 10.5 Å². The van der Waals surface area contributed by atoms with Crippen LogP contribution in [0.3, 0.4) is 0 Å². The third kappa shape index (κ3) is 2.45. The third-order valence-corrected chi connectivity index (χ3v) is 3.07. The molecular weight excluding hydrogens is 260 g/mol. The standard InChI is InChI=1S/C12H14N6O2/c19-11(20)9-8-10(17-6-3-13-4-7-17)16-12(15-9)18-5-1-2-14-18/h1-2,5,8,13H,3-4,6-7H2,(H,19,20). The van der Waals surface area contributed by atoms with Crippen molar-refractivity contribution in [2.75, 3.05) is 31.1 Å². The van der Waals surface area contributed by atoms with E-state index in [2.05, 4.69) is 20.4 Å². The van der Waals surface area contributed by atoms with Gasteiger partial charge in [0.05, 0.1) is 0 Å². The molecule has 20 heavy (non-hydrogen) atoms. The second kappa shape index (κ2) is 5.25. The van der Waals surface area contributed by atoms with E-state index in [4.69, 9.17) is 0 Å². The van der Waals surface area contributed by atoms with Crippen LogP contribution in [0.2, 0.25) is 0 Å². The first-order valence-corrected chi connectivity index (χ1v) is 6.32. The summed E-state index contributed by atoms with van der Waals surface area (Å²) in [6.07, 6.45) is 3.28. The fraction of sp³-hybridized carbons (Fsp3) is 0.333. The van der Waals surface area contributed by atoms with Gasteiger partial charge in [0.25, 0.3) is 5.95 Å². The van der Waals surface area contributed by atoms with Crippen LogP contribution in [0.4, 0.5) is 5.82 Å². The highest BCUT2D eigenvalue weighted by Crippen LogP contribution is 2.15. The van der Waals surface area contributed by atoms with Crippen molar-refractivity contribution in [2.24, 2.45) is 0 Å². The van der Waals surface area contributed by atoms with Gasteiger partial charge in [-0.2, -0.15) is 10.1 Å². The Kier molecular flexibility index (Phi) is 3.30. The second-order valence-corrected chi connectivity index (χ2v) is 4.40.